The van der Waals surface area contributed by atoms with Gasteiger partial charge in [-0.15, -0.1) is 0 Å². The van der Waals surface area contributed by atoms with Crippen molar-refractivity contribution in [3.05, 3.63) is 65.1 Å². The minimum absolute atomic E-state index is 0.688. The monoisotopic (exact) mass is 253 g/mol. The third kappa shape index (κ3) is 2.20. The molecule has 0 atom stereocenters. The van der Waals surface area contributed by atoms with Crippen LogP contribution in [-0.4, -0.2) is 14.6 Å². The highest BCUT2D eigenvalue weighted by Crippen LogP contribution is 2.09. The Balaban J connectivity index is 1.97. The number of nitrogens with zero attached hydrogens (tertiary/aromatic N) is 3. The molecule has 0 aliphatic heterocycles. The van der Waals surface area contributed by atoms with E-state index in [0.29, 0.717) is 5.02 Å². The van der Waals surface area contributed by atoms with E-state index in [1.807, 2.05) is 42.6 Å². The van der Waals surface area contributed by atoms with Crippen LogP contribution in [0.2, 0.25) is 5.02 Å². The Kier molecular flexibility index (Phi) is 2.71. The summed E-state index contributed by atoms with van der Waals surface area (Å²) in [6.45, 7) is 0. The van der Waals surface area contributed by atoms with Crippen LogP contribution in [0.5, 0.6) is 0 Å². The molecule has 0 amide bonds. The van der Waals surface area contributed by atoms with E-state index in [-0.39, 0.29) is 0 Å². The summed E-state index contributed by atoms with van der Waals surface area (Å²) in [5.41, 5.74) is 2.58. The second kappa shape index (κ2) is 4.52. The first kappa shape index (κ1) is 10.8. The lowest BCUT2D eigenvalue weighted by molar-refractivity contribution is 0.958. The molecular weight excluding hydrogens is 246 g/mol. The van der Waals surface area contributed by atoms with Crippen LogP contribution in [0.15, 0.2) is 48.9 Å². The zero-order chi connectivity index (χ0) is 12.4. The first-order valence-corrected chi connectivity index (χ1v) is 5.76. The van der Waals surface area contributed by atoms with Crippen LogP contribution >= 0.6 is 11.6 Å². The maximum atomic E-state index is 5.90. The summed E-state index contributed by atoms with van der Waals surface area (Å²) in [7, 11) is 0. The Morgan fingerprint density at radius 1 is 1.06 bits per heavy atom. The van der Waals surface area contributed by atoms with Gasteiger partial charge in [0.15, 0.2) is 5.65 Å². The molecule has 3 rings (SSSR count). The zero-order valence-electron chi connectivity index (χ0n) is 9.34. The molecule has 4 heteroatoms. The third-order valence-corrected chi connectivity index (χ3v) is 2.68. The van der Waals surface area contributed by atoms with Gasteiger partial charge in [0.1, 0.15) is 6.33 Å². The Morgan fingerprint density at radius 3 is 2.83 bits per heavy atom. The molecule has 86 valence electrons. The lowest BCUT2D eigenvalue weighted by Gasteiger charge is -1.93. The fourth-order valence-electron chi connectivity index (χ4n) is 1.60. The first-order chi connectivity index (χ1) is 8.81. The van der Waals surface area contributed by atoms with Crippen molar-refractivity contribution in [3.63, 3.8) is 0 Å². The molecule has 2 heterocycles. The van der Waals surface area contributed by atoms with Gasteiger partial charge in [-0.3, -0.25) is 0 Å². The molecule has 3 aromatic rings. The molecule has 0 N–H and O–H groups in total. The van der Waals surface area contributed by atoms with Crippen molar-refractivity contribution in [2.24, 2.45) is 0 Å². The standard InChI is InChI=1S/C14H8ClN3/c15-13-3-1-2-11(8-13)4-5-12-6-7-14-16-10-17-18(14)9-12/h1-3,6-10H. The third-order valence-electron chi connectivity index (χ3n) is 2.45. The Hall–Kier alpha value is -2.31. The predicted molar refractivity (Wildman–Crippen MR) is 70.4 cm³/mol. The molecule has 0 bridgehead atoms. The summed E-state index contributed by atoms with van der Waals surface area (Å²) in [5.74, 6) is 6.14. The van der Waals surface area contributed by atoms with Crippen molar-refractivity contribution < 1.29 is 0 Å². The van der Waals surface area contributed by atoms with Crippen LogP contribution in [-0.2, 0) is 0 Å². The average molecular weight is 254 g/mol. The molecule has 0 spiro atoms. The first-order valence-electron chi connectivity index (χ1n) is 5.38. The molecule has 0 aliphatic rings. The fraction of sp³-hybridized carbons (Fsp3) is 0. The van der Waals surface area contributed by atoms with E-state index in [4.69, 9.17) is 11.6 Å². The van der Waals surface area contributed by atoms with Gasteiger partial charge in [0.2, 0.25) is 0 Å². The largest absolute Gasteiger partial charge is 0.220 e. The van der Waals surface area contributed by atoms with Gasteiger partial charge in [-0.25, -0.2) is 9.50 Å². The molecule has 2 aromatic heterocycles. The van der Waals surface area contributed by atoms with Gasteiger partial charge >= 0.3 is 0 Å². The second-order valence-corrected chi connectivity index (χ2v) is 4.18. The van der Waals surface area contributed by atoms with Crippen LogP contribution in [0.4, 0.5) is 0 Å². The average Bonchev–Trinajstić information content (AvgIpc) is 2.84. The molecular formula is C14H8ClN3. The summed E-state index contributed by atoms with van der Waals surface area (Å²) in [4.78, 5) is 4.08. The summed E-state index contributed by atoms with van der Waals surface area (Å²) < 4.78 is 1.70. The minimum atomic E-state index is 0.688. The predicted octanol–water partition coefficient (Wildman–Crippen LogP) is 2.78. The van der Waals surface area contributed by atoms with Gasteiger partial charge in [-0.05, 0) is 30.3 Å². The molecule has 0 saturated carbocycles. The van der Waals surface area contributed by atoms with Gasteiger partial charge in [0.25, 0.3) is 0 Å². The van der Waals surface area contributed by atoms with Gasteiger partial charge in [0, 0.05) is 22.3 Å². The second-order valence-electron chi connectivity index (χ2n) is 3.74. The summed E-state index contributed by atoms with van der Waals surface area (Å²) in [6.07, 6.45) is 3.36. The van der Waals surface area contributed by atoms with Crippen LogP contribution in [0, 0.1) is 11.8 Å². The molecule has 0 radical (unpaired) electrons. The maximum Gasteiger partial charge on any atom is 0.155 e. The number of rotatable bonds is 0. The van der Waals surface area contributed by atoms with Crippen LogP contribution in [0.25, 0.3) is 5.65 Å². The molecule has 3 nitrogen and oxygen atoms in total. The summed E-state index contributed by atoms with van der Waals surface area (Å²) >= 11 is 5.90. The number of benzene rings is 1. The van der Waals surface area contributed by atoms with Crippen LogP contribution in [0.3, 0.4) is 0 Å². The van der Waals surface area contributed by atoms with E-state index in [1.165, 1.54) is 6.33 Å². The van der Waals surface area contributed by atoms with Gasteiger partial charge in [-0.2, -0.15) is 5.10 Å². The van der Waals surface area contributed by atoms with Crippen molar-refractivity contribution in [3.8, 4) is 11.8 Å². The van der Waals surface area contributed by atoms with E-state index < -0.39 is 0 Å². The number of hydrogen-bond acceptors (Lipinski definition) is 2. The Bertz CT molecular complexity index is 765. The smallest absolute Gasteiger partial charge is 0.155 e. The van der Waals surface area contributed by atoms with Crippen LogP contribution < -0.4 is 0 Å². The van der Waals surface area contributed by atoms with E-state index in [2.05, 4.69) is 21.9 Å². The molecule has 0 saturated heterocycles. The fourth-order valence-corrected chi connectivity index (χ4v) is 1.79. The van der Waals surface area contributed by atoms with E-state index in [9.17, 15) is 0 Å². The Morgan fingerprint density at radius 2 is 1.94 bits per heavy atom. The summed E-state index contributed by atoms with van der Waals surface area (Å²) in [6, 6.07) is 11.3. The molecule has 1 aromatic carbocycles. The van der Waals surface area contributed by atoms with E-state index >= 15 is 0 Å². The van der Waals surface area contributed by atoms with Gasteiger partial charge in [-0.1, -0.05) is 29.5 Å². The minimum Gasteiger partial charge on any atom is -0.220 e. The van der Waals surface area contributed by atoms with Crippen molar-refractivity contribution in [1.82, 2.24) is 14.6 Å². The normalized spacial score (nSPS) is 10.1. The SMILES string of the molecule is Clc1cccc(C#Cc2ccc3ncnn3c2)c1. The molecule has 0 aliphatic carbocycles. The molecule has 0 unspecified atom stereocenters. The van der Waals surface area contributed by atoms with Gasteiger partial charge in [0.05, 0.1) is 0 Å². The lowest BCUT2D eigenvalue weighted by Crippen LogP contribution is -1.88. The Labute approximate surface area is 109 Å². The number of aromatic nitrogens is 3. The maximum absolute atomic E-state index is 5.90. The highest BCUT2D eigenvalue weighted by molar-refractivity contribution is 6.30. The molecule has 0 fully saturated rings. The zero-order valence-corrected chi connectivity index (χ0v) is 10.1. The van der Waals surface area contributed by atoms with E-state index in [1.54, 1.807) is 4.52 Å². The number of halogens is 1. The topological polar surface area (TPSA) is 30.2 Å². The summed E-state index contributed by atoms with van der Waals surface area (Å²) in [5, 5.41) is 4.75. The van der Waals surface area contributed by atoms with Crippen molar-refractivity contribution >= 4 is 17.2 Å². The van der Waals surface area contributed by atoms with E-state index in [0.717, 1.165) is 16.8 Å². The number of hydrogen-bond donors (Lipinski definition) is 0. The van der Waals surface area contributed by atoms with Crippen molar-refractivity contribution in [2.75, 3.05) is 0 Å². The van der Waals surface area contributed by atoms with Crippen LogP contribution in [0.1, 0.15) is 11.1 Å². The highest BCUT2D eigenvalue weighted by atomic mass is 35.5. The lowest BCUT2D eigenvalue weighted by atomic mass is 10.2. The number of pyridine rings is 1. The van der Waals surface area contributed by atoms with Crippen molar-refractivity contribution in [1.29, 1.82) is 0 Å². The van der Waals surface area contributed by atoms with Crippen molar-refractivity contribution in [2.45, 2.75) is 0 Å². The number of fused-ring (bicyclic) bond motifs is 1. The highest BCUT2D eigenvalue weighted by Gasteiger charge is 1.95. The quantitative estimate of drug-likeness (QED) is 0.577. The van der Waals surface area contributed by atoms with Gasteiger partial charge < -0.3 is 0 Å². The molecule has 18 heavy (non-hydrogen) atoms.